The summed E-state index contributed by atoms with van der Waals surface area (Å²) in [6.07, 6.45) is 0.815. The first-order chi connectivity index (χ1) is 26.9. The molecule has 3 unspecified atom stereocenters. The Morgan fingerprint density at radius 2 is 1.40 bits per heavy atom. The second kappa shape index (κ2) is 11.5. The van der Waals surface area contributed by atoms with Crippen LogP contribution in [0.5, 0.6) is 0 Å². The molecule has 9 aromatic rings. The minimum Gasteiger partial charge on any atom is -0.453 e. The second-order valence-corrected chi connectivity index (χ2v) is 15.4. The summed E-state index contributed by atoms with van der Waals surface area (Å²) < 4.78 is 9.23. The molecule has 6 aromatic carbocycles. The normalized spacial score (nSPS) is 19.1. The van der Waals surface area contributed by atoms with Crippen LogP contribution in [-0.2, 0) is 5.41 Å². The zero-order chi connectivity index (χ0) is 37.2. The maximum absolute atomic E-state index is 7.45. The summed E-state index contributed by atoms with van der Waals surface area (Å²) in [7, 11) is 0. The molecule has 0 radical (unpaired) electrons. The van der Waals surface area contributed by atoms with Crippen LogP contribution < -0.4 is 5.73 Å². The Bertz CT molecular complexity index is 3110. The molecule has 6 heteroatoms. The van der Waals surface area contributed by atoms with E-state index in [1.165, 1.54) is 27.7 Å². The van der Waals surface area contributed by atoms with Gasteiger partial charge in [-0.15, -0.1) is 0 Å². The lowest BCUT2D eigenvalue weighted by atomic mass is 9.60. The Kier molecular flexibility index (Phi) is 6.67. The van der Waals surface area contributed by atoms with Crippen molar-refractivity contribution in [3.63, 3.8) is 0 Å². The summed E-state index contributed by atoms with van der Waals surface area (Å²) in [5.41, 5.74) is 18.3. The standard InChI is InChI=1S/C49H39N5O/c1-5-37-41-27(2)32-16-8-10-21-38(32)49(37,4)48-52-46(31-25-24-29-14-6-7-15-30(29)26-31)51-47(53-48)36-20-12-18-33-34-19-13-23-40(44(34)55-43(33)36)54-39-22-11-9-17-35(39)42(28(41)3)45(54)50/h6-28H,5,50H2,1-4H3. The second-order valence-electron chi connectivity index (χ2n) is 15.4. The van der Waals surface area contributed by atoms with Crippen LogP contribution in [0.1, 0.15) is 68.5 Å². The highest BCUT2D eigenvalue weighted by Crippen LogP contribution is 2.55. The summed E-state index contributed by atoms with van der Waals surface area (Å²) in [5.74, 6) is 2.79. The number of fused-ring (bicyclic) bond motifs is 15. The molecule has 4 heterocycles. The zero-order valence-corrected chi connectivity index (χ0v) is 31.3. The quantitative estimate of drug-likeness (QED) is 0.180. The molecule has 0 saturated carbocycles. The van der Waals surface area contributed by atoms with E-state index in [9.17, 15) is 0 Å². The number of aromatic nitrogens is 4. The lowest BCUT2D eigenvalue weighted by Crippen LogP contribution is -2.36. The Labute approximate surface area is 319 Å². The van der Waals surface area contributed by atoms with Crippen LogP contribution in [0.2, 0.25) is 0 Å². The average Bonchev–Trinajstić information content (AvgIpc) is 3.76. The van der Waals surface area contributed by atoms with E-state index in [2.05, 4.69) is 160 Å². The van der Waals surface area contributed by atoms with E-state index in [1.807, 2.05) is 0 Å². The molecule has 6 nitrogen and oxygen atoms in total. The third-order valence-corrected chi connectivity index (χ3v) is 12.7. The topological polar surface area (TPSA) is 82.8 Å². The van der Waals surface area contributed by atoms with Gasteiger partial charge >= 0.3 is 0 Å². The first kappa shape index (κ1) is 31.9. The van der Waals surface area contributed by atoms with E-state index in [0.717, 1.165) is 78.7 Å². The van der Waals surface area contributed by atoms with E-state index in [-0.39, 0.29) is 11.8 Å². The molecule has 2 N–H and O–H groups in total. The Hall–Kier alpha value is -6.53. The van der Waals surface area contributed by atoms with Gasteiger partial charge in [0, 0.05) is 39.1 Å². The van der Waals surface area contributed by atoms with Crippen LogP contribution >= 0.6 is 0 Å². The van der Waals surface area contributed by atoms with E-state index in [1.54, 1.807) is 0 Å². The summed E-state index contributed by atoms with van der Waals surface area (Å²) in [4.78, 5) is 16.3. The molecule has 266 valence electrons. The lowest BCUT2D eigenvalue weighted by Gasteiger charge is -2.43. The van der Waals surface area contributed by atoms with Crippen LogP contribution in [0.3, 0.4) is 0 Å². The average molecular weight is 714 g/mol. The maximum Gasteiger partial charge on any atom is 0.167 e. The number of nitrogens with two attached hydrogens (primary N) is 1. The summed E-state index contributed by atoms with van der Waals surface area (Å²) in [6, 6.07) is 45.0. The number of nitrogen functional groups attached to an aromatic ring is 1. The third-order valence-electron chi connectivity index (χ3n) is 12.7. The van der Waals surface area contributed by atoms with Gasteiger partial charge in [0.2, 0.25) is 0 Å². The molecule has 0 spiro atoms. The highest BCUT2D eigenvalue weighted by molar-refractivity contribution is 6.12. The van der Waals surface area contributed by atoms with Gasteiger partial charge in [0.1, 0.15) is 17.2 Å². The number of para-hydroxylation sites is 3. The van der Waals surface area contributed by atoms with E-state index in [0.29, 0.717) is 11.6 Å². The molecule has 0 saturated heterocycles. The highest BCUT2D eigenvalue weighted by atomic mass is 16.3. The molecule has 0 fully saturated rings. The van der Waals surface area contributed by atoms with Crippen molar-refractivity contribution >= 4 is 49.4 Å². The number of nitrogens with zero attached hydrogens (tertiary/aromatic N) is 4. The molecule has 3 atom stereocenters. The fraction of sp³-hybridized carbons (Fsp3) is 0.163. The number of hydrogen-bond donors (Lipinski definition) is 1. The largest absolute Gasteiger partial charge is 0.453 e. The van der Waals surface area contributed by atoms with E-state index >= 15 is 0 Å². The minimum absolute atomic E-state index is 0.0191. The molecular weight excluding hydrogens is 675 g/mol. The Morgan fingerprint density at radius 3 is 2.25 bits per heavy atom. The number of benzene rings is 6. The monoisotopic (exact) mass is 713 g/mol. The zero-order valence-electron chi connectivity index (χ0n) is 31.3. The molecule has 1 aliphatic carbocycles. The van der Waals surface area contributed by atoms with Crippen molar-refractivity contribution in [1.29, 1.82) is 0 Å². The van der Waals surface area contributed by atoms with Crippen LogP contribution in [0.15, 0.2) is 143 Å². The summed E-state index contributed by atoms with van der Waals surface area (Å²) >= 11 is 0. The van der Waals surface area contributed by atoms with E-state index in [4.69, 9.17) is 25.1 Å². The van der Waals surface area contributed by atoms with Gasteiger partial charge in [-0.25, -0.2) is 15.0 Å². The van der Waals surface area contributed by atoms with Gasteiger partial charge in [-0.05, 0) is 59.5 Å². The predicted octanol–water partition coefficient (Wildman–Crippen LogP) is 12.0. The van der Waals surface area contributed by atoms with Gasteiger partial charge in [-0.3, -0.25) is 4.57 Å². The summed E-state index contributed by atoms with van der Waals surface area (Å²) in [5, 5.41) is 5.47. The number of rotatable bonds is 2. The van der Waals surface area contributed by atoms with Crippen molar-refractivity contribution in [2.24, 2.45) is 0 Å². The first-order valence-corrected chi connectivity index (χ1v) is 19.3. The molecule has 3 aromatic heterocycles. The molecule has 55 heavy (non-hydrogen) atoms. The number of hydrogen-bond acceptors (Lipinski definition) is 5. The summed E-state index contributed by atoms with van der Waals surface area (Å²) in [6.45, 7) is 9.29. The number of allylic oxidation sites excluding steroid dienone is 2. The van der Waals surface area contributed by atoms with Crippen molar-refractivity contribution in [3.8, 4) is 28.5 Å². The fourth-order valence-electron chi connectivity index (χ4n) is 10.1. The lowest BCUT2D eigenvalue weighted by molar-refractivity contribution is 0.537. The molecule has 2 aliphatic rings. The van der Waals surface area contributed by atoms with Crippen LogP contribution in [0, 0.1) is 0 Å². The van der Waals surface area contributed by atoms with Crippen molar-refractivity contribution in [2.75, 3.05) is 5.73 Å². The molecular formula is C49H39N5O. The van der Waals surface area contributed by atoms with Gasteiger partial charge in [-0.1, -0.05) is 135 Å². The Balaban J connectivity index is 1.34. The van der Waals surface area contributed by atoms with Gasteiger partial charge in [0.25, 0.3) is 0 Å². The fourth-order valence-corrected chi connectivity index (χ4v) is 10.1. The third kappa shape index (κ3) is 4.28. The van der Waals surface area contributed by atoms with Gasteiger partial charge in [0.15, 0.2) is 17.2 Å². The van der Waals surface area contributed by atoms with Gasteiger partial charge in [-0.2, -0.15) is 0 Å². The van der Waals surface area contributed by atoms with Crippen molar-refractivity contribution in [1.82, 2.24) is 19.5 Å². The minimum atomic E-state index is -0.676. The molecule has 11 rings (SSSR count). The number of anilines is 1. The highest BCUT2D eigenvalue weighted by Gasteiger charge is 2.46. The SMILES string of the molecule is CCC1=C2C(C)c3ccccc3C1(C)c1nc(-c3ccc4ccccc4c3)nc(n1)-c1cccc3c1oc1c(cccc13)-n1c(N)c(c3ccccc31)C2C. The Morgan fingerprint density at radius 1 is 0.691 bits per heavy atom. The smallest absolute Gasteiger partial charge is 0.167 e. The molecule has 0 amide bonds. The molecule has 1 aliphatic heterocycles. The van der Waals surface area contributed by atoms with Crippen LogP contribution in [-0.4, -0.2) is 19.5 Å². The van der Waals surface area contributed by atoms with E-state index < -0.39 is 5.41 Å². The maximum atomic E-state index is 7.45. The van der Waals surface area contributed by atoms with Gasteiger partial charge in [0.05, 0.1) is 22.2 Å². The van der Waals surface area contributed by atoms with Crippen molar-refractivity contribution in [3.05, 3.63) is 161 Å². The van der Waals surface area contributed by atoms with Crippen molar-refractivity contribution in [2.45, 2.75) is 51.4 Å². The predicted molar refractivity (Wildman–Crippen MR) is 224 cm³/mol. The van der Waals surface area contributed by atoms with Crippen LogP contribution in [0.25, 0.3) is 72.1 Å². The van der Waals surface area contributed by atoms with Crippen LogP contribution in [0.4, 0.5) is 5.82 Å². The van der Waals surface area contributed by atoms with Crippen molar-refractivity contribution < 1.29 is 4.42 Å². The van der Waals surface area contributed by atoms with Gasteiger partial charge < -0.3 is 10.2 Å². The first-order valence-electron chi connectivity index (χ1n) is 19.3. The molecule has 8 bridgehead atoms. The number of furan rings is 1.